The molecule has 0 unspecified atom stereocenters. The fraction of sp³-hybridized carbons (Fsp3) is 0.0667. The van der Waals surface area contributed by atoms with Crippen LogP contribution in [0.3, 0.4) is 0 Å². The van der Waals surface area contributed by atoms with Gasteiger partial charge >= 0.3 is 0 Å². The van der Waals surface area contributed by atoms with Gasteiger partial charge in [0.2, 0.25) is 0 Å². The molecule has 0 spiro atoms. The third-order valence-corrected chi connectivity index (χ3v) is 4.15. The molecule has 4 nitrogen and oxygen atoms in total. The number of amides is 1. The van der Waals surface area contributed by atoms with Crippen molar-refractivity contribution in [2.45, 2.75) is 0 Å². The van der Waals surface area contributed by atoms with Crippen LogP contribution in [0.4, 0.5) is 0 Å². The number of methoxy groups -OCH3 is 1. The summed E-state index contributed by atoms with van der Waals surface area (Å²) < 4.78 is 5.99. The van der Waals surface area contributed by atoms with E-state index in [1.54, 1.807) is 43.5 Å². The summed E-state index contributed by atoms with van der Waals surface area (Å²) in [5, 5.41) is 4.90. The minimum Gasteiger partial charge on any atom is -0.496 e. The van der Waals surface area contributed by atoms with Crippen LogP contribution in [0.15, 0.2) is 41.5 Å². The normalized spacial score (nSPS) is 10.7. The first kappa shape index (κ1) is 17.1. The Morgan fingerprint density at radius 2 is 2.05 bits per heavy atom. The highest BCUT2D eigenvalue weighted by Crippen LogP contribution is 2.21. The van der Waals surface area contributed by atoms with Crippen LogP contribution in [0.5, 0.6) is 5.75 Å². The van der Waals surface area contributed by atoms with E-state index in [4.69, 9.17) is 27.9 Å². The maximum Gasteiger partial charge on any atom is 0.271 e. The van der Waals surface area contributed by atoms with E-state index in [0.29, 0.717) is 26.9 Å². The average Bonchev–Trinajstić information content (AvgIpc) is 2.49. The maximum absolute atomic E-state index is 12.0. The van der Waals surface area contributed by atoms with E-state index >= 15 is 0 Å². The smallest absolute Gasteiger partial charge is 0.271 e. The number of benzene rings is 2. The topological polar surface area (TPSA) is 50.7 Å². The molecular weight excluding hydrogens is 438 g/mol. The Labute approximate surface area is 151 Å². The first-order valence-electron chi connectivity index (χ1n) is 6.13. The van der Waals surface area contributed by atoms with Gasteiger partial charge in [-0.2, -0.15) is 5.10 Å². The molecule has 0 heterocycles. The van der Waals surface area contributed by atoms with Gasteiger partial charge in [-0.1, -0.05) is 29.3 Å². The van der Waals surface area contributed by atoms with Gasteiger partial charge in [0, 0.05) is 16.1 Å². The van der Waals surface area contributed by atoms with Gasteiger partial charge in [0.25, 0.3) is 5.91 Å². The van der Waals surface area contributed by atoms with Gasteiger partial charge in [0.05, 0.1) is 21.9 Å². The Hall–Kier alpha value is -1.31. The summed E-state index contributed by atoms with van der Waals surface area (Å²) in [6, 6.07) is 10.1. The minimum atomic E-state index is -0.318. The third-order valence-electron chi connectivity index (χ3n) is 2.75. The Morgan fingerprint density at radius 3 is 2.68 bits per heavy atom. The fourth-order valence-electron chi connectivity index (χ4n) is 1.64. The predicted molar refractivity (Wildman–Crippen MR) is 97.2 cm³/mol. The van der Waals surface area contributed by atoms with Crippen molar-refractivity contribution < 1.29 is 9.53 Å². The Kier molecular flexibility index (Phi) is 6.05. The molecule has 0 aliphatic heterocycles. The number of nitrogens with zero attached hydrogens (tertiary/aromatic N) is 1. The van der Waals surface area contributed by atoms with Crippen LogP contribution in [0.25, 0.3) is 0 Å². The van der Waals surface area contributed by atoms with E-state index in [1.807, 2.05) is 0 Å². The predicted octanol–water partition coefficient (Wildman–Crippen LogP) is 4.37. The molecule has 0 aliphatic carbocycles. The molecule has 1 N–H and O–H groups in total. The average molecular weight is 449 g/mol. The molecule has 0 fully saturated rings. The van der Waals surface area contributed by atoms with Crippen LogP contribution < -0.4 is 10.2 Å². The highest BCUT2D eigenvalue weighted by molar-refractivity contribution is 14.1. The lowest BCUT2D eigenvalue weighted by Crippen LogP contribution is -2.17. The molecule has 7 heteroatoms. The summed E-state index contributed by atoms with van der Waals surface area (Å²) in [5.41, 5.74) is 3.60. The molecule has 114 valence electrons. The number of rotatable bonds is 4. The fourth-order valence-corrected chi connectivity index (χ4v) is 2.83. The number of hydrazone groups is 1. The monoisotopic (exact) mass is 448 g/mol. The van der Waals surface area contributed by atoms with Crippen molar-refractivity contribution in [3.63, 3.8) is 0 Å². The van der Waals surface area contributed by atoms with Crippen LogP contribution in [-0.4, -0.2) is 19.2 Å². The van der Waals surface area contributed by atoms with Crippen molar-refractivity contribution in [1.29, 1.82) is 0 Å². The molecule has 22 heavy (non-hydrogen) atoms. The zero-order valence-electron chi connectivity index (χ0n) is 11.4. The lowest BCUT2D eigenvalue weighted by Gasteiger charge is -2.05. The Morgan fingerprint density at radius 1 is 1.27 bits per heavy atom. The molecule has 0 atom stereocenters. The van der Waals surface area contributed by atoms with Crippen molar-refractivity contribution in [2.75, 3.05) is 7.11 Å². The van der Waals surface area contributed by atoms with Gasteiger partial charge in [-0.3, -0.25) is 4.79 Å². The number of hydrogen-bond acceptors (Lipinski definition) is 3. The summed E-state index contributed by atoms with van der Waals surface area (Å²) >= 11 is 13.9. The highest BCUT2D eigenvalue weighted by atomic mass is 127. The van der Waals surface area contributed by atoms with Crippen LogP contribution >= 0.6 is 45.8 Å². The van der Waals surface area contributed by atoms with Gasteiger partial charge in [0.1, 0.15) is 5.75 Å². The molecule has 0 aliphatic rings. The van der Waals surface area contributed by atoms with Gasteiger partial charge in [0.15, 0.2) is 0 Å². The summed E-state index contributed by atoms with van der Waals surface area (Å²) in [4.78, 5) is 12.0. The van der Waals surface area contributed by atoms with Crippen molar-refractivity contribution in [3.05, 3.63) is 61.1 Å². The van der Waals surface area contributed by atoms with Gasteiger partial charge in [-0.05, 0) is 52.9 Å². The molecular formula is C15H11Cl2IN2O2. The summed E-state index contributed by atoms with van der Waals surface area (Å²) in [7, 11) is 1.58. The largest absolute Gasteiger partial charge is 0.496 e. The molecule has 2 rings (SSSR count). The Balaban J connectivity index is 2.06. The van der Waals surface area contributed by atoms with Crippen molar-refractivity contribution in [3.8, 4) is 5.75 Å². The SMILES string of the molecule is COc1ccc(C(=O)N/N=C/c2ccc(Cl)cc2Cl)cc1I. The summed E-state index contributed by atoms with van der Waals surface area (Å²) in [6.45, 7) is 0. The first-order valence-corrected chi connectivity index (χ1v) is 7.96. The van der Waals surface area contributed by atoms with Crippen LogP contribution in [0, 0.1) is 3.57 Å². The van der Waals surface area contributed by atoms with Crippen molar-refractivity contribution >= 4 is 57.9 Å². The zero-order valence-corrected chi connectivity index (χ0v) is 15.1. The second-order valence-electron chi connectivity index (χ2n) is 4.21. The summed E-state index contributed by atoms with van der Waals surface area (Å²) in [6.07, 6.45) is 1.46. The second kappa shape index (κ2) is 7.80. The van der Waals surface area contributed by atoms with E-state index in [0.717, 1.165) is 3.57 Å². The number of hydrogen-bond donors (Lipinski definition) is 1. The molecule has 1 amide bonds. The number of nitrogens with one attached hydrogen (secondary N) is 1. The van der Waals surface area contributed by atoms with Crippen LogP contribution in [0.2, 0.25) is 10.0 Å². The summed E-state index contributed by atoms with van der Waals surface area (Å²) in [5.74, 6) is 0.399. The van der Waals surface area contributed by atoms with E-state index in [9.17, 15) is 4.79 Å². The number of carbonyl (C=O) groups is 1. The maximum atomic E-state index is 12.0. The lowest BCUT2D eigenvalue weighted by atomic mass is 10.2. The third kappa shape index (κ3) is 4.34. The van der Waals surface area contributed by atoms with Gasteiger partial charge in [-0.15, -0.1) is 0 Å². The molecule has 0 saturated carbocycles. The number of halogens is 3. The standard InChI is InChI=1S/C15H11Cl2IN2O2/c1-22-14-5-3-9(6-13(14)18)15(21)20-19-8-10-2-4-11(16)7-12(10)17/h2-8H,1H3,(H,20,21)/b19-8+. The molecule has 0 bridgehead atoms. The minimum absolute atomic E-state index is 0.318. The zero-order chi connectivity index (χ0) is 16.1. The van der Waals surface area contributed by atoms with E-state index < -0.39 is 0 Å². The Bertz CT molecular complexity index is 735. The van der Waals surface area contributed by atoms with Crippen LogP contribution in [0.1, 0.15) is 15.9 Å². The molecule has 0 aromatic heterocycles. The molecule has 0 radical (unpaired) electrons. The quantitative estimate of drug-likeness (QED) is 0.429. The highest BCUT2D eigenvalue weighted by Gasteiger charge is 2.08. The molecule has 2 aromatic rings. The van der Waals surface area contributed by atoms with Crippen molar-refractivity contribution in [1.82, 2.24) is 5.43 Å². The van der Waals surface area contributed by atoms with E-state index in [2.05, 4.69) is 33.1 Å². The number of carbonyl (C=O) groups excluding carboxylic acids is 1. The van der Waals surface area contributed by atoms with Gasteiger partial charge < -0.3 is 4.74 Å². The van der Waals surface area contributed by atoms with Gasteiger partial charge in [-0.25, -0.2) is 5.43 Å². The van der Waals surface area contributed by atoms with Crippen molar-refractivity contribution in [2.24, 2.45) is 5.10 Å². The lowest BCUT2D eigenvalue weighted by molar-refractivity contribution is 0.0955. The van der Waals surface area contributed by atoms with E-state index in [-0.39, 0.29) is 5.91 Å². The molecule has 0 saturated heterocycles. The number of ether oxygens (including phenoxy) is 1. The molecule has 2 aromatic carbocycles. The second-order valence-corrected chi connectivity index (χ2v) is 6.22. The van der Waals surface area contributed by atoms with E-state index in [1.165, 1.54) is 6.21 Å². The van der Waals surface area contributed by atoms with Crippen LogP contribution in [-0.2, 0) is 0 Å². The first-order chi connectivity index (χ1) is 10.5.